The Labute approximate surface area is 159 Å². The first-order valence-electron chi connectivity index (χ1n) is 9.84. The van der Waals surface area contributed by atoms with E-state index in [1.807, 2.05) is 6.20 Å². The lowest BCUT2D eigenvalue weighted by Crippen LogP contribution is -2.45. The van der Waals surface area contributed by atoms with Gasteiger partial charge in [-0.2, -0.15) is 0 Å². The first-order chi connectivity index (χ1) is 13.1. The molecule has 0 saturated carbocycles. The fourth-order valence-corrected chi connectivity index (χ4v) is 4.04. The highest BCUT2D eigenvalue weighted by molar-refractivity contribution is 5.82. The number of halogens is 1. The number of carbonyl (C=O) groups is 1. The molecule has 0 aliphatic carbocycles. The Morgan fingerprint density at radius 3 is 2.78 bits per heavy atom. The van der Waals surface area contributed by atoms with Crippen molar-refractivity contribution in [2.75, 3.05) is 38.0 Å². The molecule has 5 nitrogen and oxygen atoms in total. The second-order valence-corrected chi connectivity index (χ2v) is 7.84. The van der Waals surface area contributed by atoms with Gasteiger partial charge in [-0.3, -0.25) is 14.7 Å². The van der Waals surface area contributed by atoms with Crippen molar-refractivity contribution in [2.45, 2.75) is 38.4 Å². The standard InChI is InChI=1S/C21H27FN4O/c1-15-2-3-20-16(10-15)11-19(12-23-20)24-18-5-7-25(8-6-18)14-21(27)26-9-4-17(22)13-26/h2-3,10-12,17-18,24H,4-9,13-14H2,1H3/t17-/m0/s1. The van der Waals surface area contributed by atoms with Crippen LogP contribution in [0.25, 0.3) is 10.9 Å². The van der Waals surface area contributed by atoms with Gasteiger partial charge in [0.25, 0.3) is 0 Å². The first-order valence-corrected chi connectivity index (χ1v) is 9.84. The normalized spacial score (nSPS) is 21.7. The molecule has 2 saturated heterocycles. The van der Waals surface area contributed by atoms with E-state index in [9.17, 15) is 9.18 Å². The van der Waals surface area contributed by atoms with Gasteiger partial charge in [-0.05, 0) is 44.4 Å². The van der Waals surface area contributed by atoms with Crippen LogP contribution in [0, 0.1) is 6.92 Å². The molecule has 2 aliphatic rings. The molecule has 2 aliphatic heterocycles. The molecule has 0 radical (unpaired) electrons. The molecular formula is C21H27FN4O. The zero-order valence-corrected chi connectivity index (χ0v) is 15.8. The Balaban J connectivity index is 1.28. The third-order valence-electron chi connectivity index (χ3n) is 5.64. The minimum absolute atomic E-state index is 0.0654. The molecule has 1 atom stereocenters. The van der Waals surface area contributed by atoms with Crippen molar-refractivity contribution >= 4 is 22.5 Å². The van der Waals surface area contributed by atoms with E-state index < -0.39 is 6.17 Å². The van der Waals surface area contributed by atoms with Crippen molar-refractivity contribution in [1.82, 2.24) is 14.8 Å². The maximum Gasteiger partial charge on any atom is 0.236 e. The summed E-state index contributed by atoms with van der Waals surface area (Å²) >= 11 is 0. The van der Waals surface area contributed by atoms with Gasteiger partial charge in [-0.15, -0.1) is 0 Å². The van der Waals surface area contributed by atoms with Crippen molar-refractivity contribution in [3.8, 4) is 0 Å². The summed E-state index contributed by atoms with van der Waals surface area (Å²) in [6, 6.07) is 8.83. The number of nitrogens with one attached hydrogen (secondary N) is 1. The van der Waals surface area contributed by atoms with Gasteiger partial charge in [-0.1, -0.05) is 11.6 Å². The van der Waals surface area contributed by atoms with Gasteiger partial charge < -0.3 is 10.2 Å². The number of likely N-dealkylation sites (tertiary alicyclic amines) is 2. The van der Waals surface area contributed by atoms with Crippen molar-refractivity contribution in [2.24, 2.45) is 0 Å². The van der Waals surface area contributed by atoms with E-state index in [1.54, 1.807) is 4.90 Å². The number of hydrogen-bond donors (Lipinski definition) is 1. The van der Waals surface area contributed by atoms with Crippen LogP contribution >= 0.6 is 0 Å². The number of rotatable bonds is 4. The summed E-state index contributed by atoms with van der Waals surface area (Å²) < 4.78 is 13.3. The number of anilines is 1. The predicted molar refractivity (Wildman–Crippen MR) is 106 cm³/mol. The molecule has 144 valence electrons. The van der Waals surface area contributed by atoms with Crippen LogP contribution in [0.5, 0.6) is 0 Å². The molecule has 3 heterocycles. The van der Waals surface area contributed by atoms with Crippen molar-refractivity contribution < 1.29 is 9.18 Å². The third-order valence-corrected chi connectivity index (χ3v) is 5.64. The molecular weight excluding hydrogens is 343 g/mol. The number of pyridine rings is 1. The summed E-state index contributed by atoms with van der Waals surface area (Å²) in [5.41, 5.74) is 3.29. The molecule has 2 fully saturated rings. The number of carbonyl (C=O) groups excluding carboxylic acids is 1. The summed E-state index contributed by atoms with van der Waals surface area (Å²) in [6.07, 6.45) is 3.52. The van der Waals surface area contributed by atoms with Gasteiger partial charge >= 0.3 is 0 Å². The molecule has 6 heteroatoms. The number of nitrogens with zero attached hydrogens (tertiary/aromatic N) is 3. The Hall–Kier alpha value is -2.21. The number of piperidine rings is 1. The topological polar surface area (TPSA) is 48.5 Å². The van der Waals surface area contributed by atoms with Gasteiger partial charge in [0.15, 0.2) is 0 Å². The quantitative estimate of drug-likeness (QED) is 0.899. The largest absolute Gasteiger partial charge is 0.381 e. The van der Waals surface area contributed by atoms with E-state index in [0.717, 1.165) is 42.5 Å². The molecule has 0 bridgehead atoms. The molecule has 4 rings (SSSR count). The lowest BCUT2D eigenvalue weighted by molar-refractivity contribution is -0.131. The second kappa shape index (κ2) is 7.80. The minimum Gasteiger partial charge on any atom is -0.381 e. The van der Waals surface area contributed by atoms with Crippen molar-refractivity contribution in [1.29, 1.82) is 0 Å². The number of aromatic nitrogens is 1. The van der Waals surface area contributed by atoms with Crippen LogP contribution < -0.4 is 5.32 Å². The Morgan fingerprint density at radius 2 is 2.04 bits per heavy atom. The highest BCUT2D eigenvalue weighted by Crippen LogP contribution is 2.21. The summed E-state index contributed by atoms with van der Waals surface area (Å²) in [6.45, 7) is 5.10. The van der Waals surface area contributed by atoms with E-state index in [-0.39, 0.29) is 12.5 Å². The van der Waals surface area contributed by atoms with Crippen LogP contribution in [-0.2, 0) is 4.79 Å². The molecule has 1 aromatic carbocycles. The number of hydrogen-bond acceptors (Lipinski definition) is 4. The van der Waals surface area contributed by atoms with Crippen LogP contribution in [0.1, 0.15) is 24.8 Å². The summed E-state index contributed by atoms with van der Waals surface area (Å²) in [5.74, 6) is 0.0654. The van der Waals surface area contributed by atoms with Gasteiger partial charge in [-0.25, -0.2) is 4.39 Å². The van der Waals surface area contributed by atoms with Crippen LogP contribution in [0.4, 0.5) is 10.1 Å². The van der Waals surface area contributed by atoms with Crippen LogP contribution in [0.15, 0.2) is 30.5 Å². The molecule has 0 unspecified atom stereocenters. The number of alkyl halides is 1. The van der Waals surface area contributed by atoms with Crippen molar-refractivity contribution in [3.63, 3.8) is 0 Å². The summed E-state index contributed by atoms with van der Waals surface area (Å²) in [4.78, 5) is 20.7. The number of benzene rings is 1. The van der Waals surface area contributed by atoms with Crippen LogP contribution in [0.2, 0.25) is 0 Å². The summed E-state index contributed by atoms with van der Waals surface area (Å²) in [5, 5.41) is 4.75. The van der Waals surface area contributed by atoms with Gasteiger partial charge in [0.2, 0.25) is 5.91 Å². The fourth-order valence-electron chi connectivity index (χ4n) is 4.04. The molecule has 1 N–H and O–H groups in total. The summed E-state index contributed by atoms with van der Waals surface area (Å²) in [7, 11) is 0. The molecule has 1 amide bonds. The average molecular weight is 370 g/mol. The van der Waals surface area contributed by atoms with E-state index in [4.69, 9.17) is 0 Å². The molecule has 27 heavy (non-hydrogen) atoms. The highest BCUT2D eigenvalue weighted by atomic mass is 19.1. The average Bonchev–Trinajstić information content (AvgIpc) is 3.09. The monoisotopic (exact) mass is 370 g/mol. The number of fused-ring (bicyclic) bond motifs is 1. The Kier molecular flexibility index (Phi) is 5.25. The van der Waals surface area contributed by atoms with Crippen molar-refractivity contribution in [3.05, 3.63) is 36.0 Å². The van der Waals surface area contributed by atoms with E-state index >= 15 is 0 Å². The lowest BCUT2D eigenvalue weighted by atomic mass is 10.0. The highest BCUT2D eigenvalue weighted by Gasteiger charge is 2.28. The second-order valence-electron chi connectivity index (χ2n) is 7.84. The number of aryl methyl sites for hydroxylation is 1. The SMILES string of the molecule is Cc1ccc2ncc(NC3CCN(CC(=O)N4CC[C@H](F)C4)CC3)cc2c1. The van der Waals surface area contributed by atoms with Gasteiger partial charge in [0.05, 0.1) is 30.5 Å². The maximum atomic E-state index is 13.3. The van der Waals surface area contributed by atoms with Crippen LogP contribution in [0.3, 0.4) is 0 Å². The third kappa shape index (κ3) is 4.38. The zero-order valence-electron chi connectivity index (χ0n) is 15.8. The van der Waals surface area contributed by atoms with Gasteiger partial charge in [0.1, 0.15) is 6.17 Å². The maximum absolute atomic E-state index is 13.3. The van der Waals surface area contributed by atoms with Gasteiger partial charge in [0, 0.05) is 31.1 Å². The molecule has 2 aromatic rings. The van der Waals surface area contributed by atoms with E-state index in [1.165, 1.54) is 5.56 Å². The van der Waals surface area contributed by atoms with E-state index in [0.29, 0.717) is 25.6 Å². The minimum atomic E-state index is -0.844. The first kappa shape index (κ1) is 18.2. The Morgan fingerprint density at radius 1 is 1.22 bits per heavy atom. The number of amides is 1. The molecule has 1 aromatic heterocycles. The zero-order chi connectivity index (χ0) is 18.8. The Bertz CT molecular complexity index is 819. The van der Waals surface area contributed by atoms with E-state index in [2.05, 4.69) is 46.4 Å². The lowest BCUT2D eigenvalue weighted by Gasteiger charge is -2.33. The molecule has 0 spiro atoms. The smallest absolute Gasteiger partial charge is 0.236 e. The predicted octanol–water partition coefficient (Wildman–Crippen LogP) is 2.99. The fraction of sp³-hybridized carbons (Fsp3) is 0.524. The van der Waals surface area contributed by atoms with Crippen LogP contribution in [-0.4, -0.2) is 65.6 Å².